The van der Waals surface area contributed by atoms with Gasteiger partial charge in [-0.1, -0.05) is 17.3 Å². The molecule has 1 aromatic carbocycles. The van der Waals surface area contributed by atoms with E-state index in [2.05, 4.69) is 9.99 Å². The number of nitrogen functional groups attached to an aromatic ring is 1. The quantitative estimate of drug-likeness (QED) is 0.455. The number of halogens is 1. The lowest BCUT2D eigenvalue weighted by Crippen LogP contribution is -2.09. The zero-order chi connectivity index (χ0) is 13.4. The molecule has 0 saturated carbocycles. The van der Waals surface area contributed by atoms with E-state index in [9.17, 15) is 4.39 Å². The summed E-state index contributed by atoms with van der Waals surface area (Å²) in [6.45, 7) is 0. The lowest BCUT2D eigenvalue weighted by atomic mass is 10.1. The molecule has 0 radical (unpaired) electrons. The SMILES string of the molecule is CO/N=C1\C=CC=CC1=N.Nc1ccc(F)cc1. The Hall–Kier alpha value is -2.43. The number of hydrogen-bond donors (Lipinski definition) is 2. The highest BCUT2D eigenvalue weighted by Crippen LogP contribution is 2.01. The van der Waals surface area contributed by atoms with E-state index in [-0.39, 0.29) is 5.82 Å². The van der Waals surface area contributed by atoms with E-state index < -0.39 is 0 Å². The molecule has 0 spiro atoms. The van der Waals surface area contributed by atoms with Crippen LogP contribution in [0.3, 0.4) is 0 Å². The molecule has 3 N–H and O–H groups in total. The summed E-state index contributed by atoms with van der Waals surface area (Å²) in [5, 5.41) is 10.9. The number of allylic oxidation sites excluding steroid dienone is 4. The minimum atomic E-state index is -0.251. The van der Waals surface area contributed by atoms with Crippen molar-refractivity contribution < 1.29 is 9.23 Å². The van der Waals surface area contributed by atoms with Crippen LogP contribution in [-0.4, -0.2) is 18.5 Å². The van der Waals surface area contributed by atoms with E-state index in [4.69, 9.17) is 11.1 Å². The first-order chi connectivity index (χ1) is 8.63. The van der Waals surface area contributed by atoms with Gasteiger partial charge in [-0.05, 0) is 36.4 Å². The van der Waals surface area contributed by atoms with Crippen LogP contribution in [0.4, 0.5) is 10.1 Å². The zero-order valence-electron chi connectivity index (χ0n) is 9.93. The van der Waals surface area contributed by atoms with Gasteiger partial charge in [0, 0.05) is 5.69 Å². The molecule has 1 aromatic rings. The standard InChI is InChI=1S/C7H8N2O.C6H6FN/c1-10-9-7-5-3-2-4-6(7)8;7-5-1-3-6(8)4-2-5/h2-5,8H,1H3;1-4H,8H2/b8-6?,9-7+;. The van der Waals surface area contributed by atoms with Crippen molar-refractivity contribution in [1.82, 2.24) is 0 Å². The lowest BCUT2D eigenvalue weighted by Gasteiger charge is -1.99. The molecule has 18 heavy (non-hydrogen) atoms. The number of rotatable bonds is 1. The van der Waals surface area contributed by atoms with Crippen molar-refractivity contribution in [2.75, 3.05) is 12.8 Å². The fourth-order valence-electron chi connectivity index (χ4n) is 1.11. The summed E-state index contributed by atoms with van der Waals surface area (Å²) in [7, 11) is 1.46. The summed E-state index contributed by atoms with van der Waals surface area (Å²) in [6.07, 6.45) is 7.00. The molecule has 0 aromatic heterocycles. The monoisotopic (exact) mass is 247 g/mol. The zero-order valence-corrected chi connectivity index (χ0v) is 9.93. The summed E-state index contributed by atoms with van der Waals surface area (Å²) in [6, 6.07) is 5.70. The van der Waals surface area contributed by atoms with Crippen molar-refractivity contribution in [2.45, 2.75) is 0 Å². The molecular formula is C13H14FN3O. The first-order valence-electron chi connectivity index (χ1n) is 5.19. The first kappa shape index (κ1) is 13.6. The Morgan fingerprint density at radius 1 is 1.17 bits per heavy atom. The lowest BCUT2D eigenvalue weighted by molar-refractivity contribution is 0.214. The molecule has 0 unspecified atom stereocenters. The average Bonchev–Trinajstić information content (AvgIpc) is 2.37. The van der Waals surface area contributed by atoms with Gasteiger partial charge in [-0.15, -0.1) is 0 Å². The van der Waals surface area contributed by atoms with Gasteiger partial charge in [0.2, 0.25) is 0 Å². The summed E-state index contributed by atoms with van der Waals surface area (Å²) in [5.74, 6) is -0.251. The summed E-state index contributed by atoms with van der Waals surface area (Å²) in [4.78, 5) is 4.51. The van der Waals surface area contributed by atoms with Crippen molar-refractivity contribution in [3.63, 3.8) is 0 Å². The second kappa shape index (κ2) is 7.01. The maximum atomic E-state index is 12.0. The van der Waals surface area contributed by atoms with E-state index in [1.54, 1.807) is 18.2 Å². The normalized spacial score (nSPS) is 15.2. The Kier molecular flexibility index (Phi) is 5.31. The highest BCUT2D eigenvalue weighted by atomic mass is 19.1. The maximum Gasteiger partial charge on any atom is 0.127 e. The molecule has 94 valence electrons. The smallest absolute Gasteiger partial charge is 0.127 e. The Balaban J connectivity index is 0.000000184. The van der Waals surface area contributed by atoms with Crippen molar-refractivity contribution in [3.05, 3.63) is 54.4 Å². The van der Waals surface area contributed by atoms with Crippen molar-refractivity contribution >= 4 is 17.1 Å². The predicted molar refractivity (Wildman–Crippen MR) is 71.3 cm³/mol. The van der Waals surface area contributed by atoms with Gasteiger partial charge in [-0.25, -0.2) is 4.39 Å². The Labute approximate surface area is 105 Å². The van der Waals surface area contributed by atoms with E-state index in [0.29, 0.717) is 17.1 Å². The molecule has 4 nitrogen and oxygen atoms in total. The van der Waals surface area contributed by atoms with Crippen LogP contribution in [0.25, 0.3) is 0 Å². The van der Waals surface area contributed by atoms with Crippen LogP contribution in [-0.2, 0) is 4.84 Å². The second-order valence-electron chi connectivity index (χ2n) is 3.34. The van der Waals surface area contributed by atoms with Crippen molar-refractivity contribution in [3.8, 4) is 0 Å². The third-order valence-corrected chi connectivity index (χ3v) is 1.96. The van der Waals surface area contributed by atoms with Gasteiger partial charge in [-0.3, -0.25) is 5.41 Å². The molecule has 0 bridgehead atoms. The van der Waals surface area contributed by atoms with Crippen LogP contribution in [0.2, 0.25) is 0 Å². The highest BCUT2D eigenvalue weighted by Gasteiger charge is 2.02. The number of nitrogens with zero attached hydrogens (tertiary/aromatic N) is 1. The fourth-order valence-corrected chi connectivity index (χ4v) is 1.11. The molecule has 0 amide bonds. The van der Waals surface area contributed by atoms with Crippen molar-refractivity contribution in [1.29, 1.82) is 5.41 Å². The van der Waals surface area contributed by atoms with Gasteiger partial charge in [-0.2, -0.15) is 0 Å². The van der Waals surface area contributed by atoms with E-state index in [0.717, 1.165) is 0 Å². The summed E-state index contributed by atoms with van der Waals surface area (Å²) in [5.41, 5.74) is 6.79. The largest absolute Gasteiger partial charge is 0.399 e. The topological polar surface area (TPSA) is 71.5 Å². The van der Waals surface area contributed by atoms with Gasteiger partial charge in [0.25, 0.3) is 0 Å². The minimum absolute atomic E-state index is 0.251. The van der Waals surface area contributed by atoms with Gasteiger partial charge < -0.3 is 10.6 Å². The number of nitrogens with one attached hydrogen (secondary N) is 1. The van der Waals surface area contributed by atoms with Gasteiger partial charge in [0.15, 0.2) is 0 Å². The van der Waals surface area contributed by atoms with Crippen molar-refractivity contribution in [2.24, 2.45) is 5.16 Å². The molecule has 2 rings (SSSR count). The Morgan fingerprint density at radius 3 is 2.28 bits per heavy atom. The maximum absolute atomic E-state index is 12.0. The molecule has 5 heteroatoms. The summed E-state index contributed by atoms with van der Waals surface area (Å²) < 4.78 is 12.0. The van der Waals surface area contributed by atoms with E-state index in [1.807, 2.05) is 6.08 Å². The minimum Gasteiger partial charge on any atom is -0.399 e. The first-order valence-corrected chi connectivity index (χ1v) is 5.19. The molecule has 1 aliphatic rings. The molecule has 0 aliphatic heterocycles. The molecule has 0 heterocycles. The third-order valence-electron chi connectivity index (χ3n) is 1.96. The van der Waals surface area contributed by atoms with Crippen LogP contribution in [0, 0.1) is 11.2 Å². The number of benzene rings is 1. The van der Waals surface area contributed by atoms with Gasteiger partial charge >= 0.3 is 0 Å². The Bertz CT molecular complexity index is 468. The van der Waals surface area contributed by atoms with Crippen LogP contribution in [0.1, 0.15) is 0 Å². The molecule has 0 fully saturated rings. The van der Waals surface area contributed by atoms with Gasteiger partial charge in [0.05, 0.1) is 5.71 Å². The third kappa shape index (κ3) is 4.61. The van der Waals surface area contributed by atoms with Crippen LogP contribution in [0.5, 0.6) is 0 Å². The Morgan fingerprint density at radius 2 is 1.78 bits per heavy atom. The molecular weight excluding hydrogens is 233 g/mol. The molecule has 1 aliphatic carbocycles. The van der Waals surface area contributed by atoms with Crippen LogP contribution >= 0.6 is 0 Å². The summed E-state index contributed by atoms with van der Waals surface area (Å²) >= 11 is 0. The number of hydrogen-bond acceptors (Lipinski definition) is 4. The number of oxime groups is 1. The average molecular weight is 247 g/mol. The number of anilines is 1. The fraction of sp³-hybridized carbons (Fsp3) is 0.0769. The molecule has 0 saturated heterocycles. The highest BCUT2D eigenvalue weighted by molar-refractivity contribution is 6.49. The van der Waals surface area contributed by atoms with Crippen LogP contribution < -0.4 is 5.73 Å². The number of nitrogens with two attached hydrogens (primary N) is 1. The predicted octanol–water partition coefficient (Wildman–Crippen LogP) is 2.54. The van der Waals surface area contributed by atoms with E-state index in [1.165, 1.54) is 31.4 Å². The second-order valence-corrected chi connectivity index (χ2v) is 3.34. The molecule has 0 atom stereocenters. The van der Waals surface area contributed by atoms with Crippen LogP contribution in [0.15, 0.2) is 53.7 Å². The van der Waals surface area contributed by atoms with Gasteiger partial charge in [0.1, 0.15) is 18.6 Å². The van der Waals surface area contributed by atoms with E-state index >= 15 is 0 Å².